The van der Waals surface area contributed by atoms with Crippen LogP contribution >= 0.6 is 22.9 Å². The summed E-state index contributed by atoms with van der Waals surface area (Å²) in [5.74, 6) is -1.70. The van der Waals surface area contributed by atoms with Gasteiger partial charge in [0, 0.05) is 6.20 Å². The number of hydrogen-bond acceptors (Lipinski definition) is 6. The lowest BCUT2D eigenvalue weighted by Crippen LogP contribution is -2.26. The molecule has 2 heterocycles. The largest absolute Gasteiger partial charge is 0.459 e. The summed E-state index contributed by atoms with van der Waals surface area (Å²) in [4.78, 5) is 37.1. The number of nitrogens with one attached hydrogen (secondary N) is 1. The molecule has 27 heavy (non-hydrogen) atoms. The minimum Gasteiger partial charge on any atom is -0.459 e. The van der Waals surface area contributed by atoms with Crippen LogP contribution in [0.2, 0.25) is 5.02 Å². The summed E-state index contributed by atoms with van der Waals surface area (Å²) in [5.41, 5.74) is 5.89. The summed E-state index contributed by atoms with van der Waals surface area (Å²) in [6.45, 7) is 6.83. The molecule has 0 radical (unpaired) electrons. The van der Waals surface area contributed by atoms with Crippen LogP contribution < -0.4 is 11.1 Å². The highest BCUT2D eigenvalue weighted by atomic mass is 35.5. The fraction of sp³-hybridized carbons (Fsp3) is 0.412. The second kappa shape index (κ2) is 8.53. The molecule has 0 saturated heterocycles. The van der Waals surface area contributed by atoms with E-state index in [-0.39, 0.29) is 21.5 Å². The topological polar surface area (TPSA) is 116 Å². The van der Waals surface area contributed by atoms with Gasteiger partial charge in [0.1, 0.15) is 11.0 Å². The molecule has 0 aliphatic heterocycles. The summed E-state index contributed by atoms with van der Waals surface area (Å²) in [6, 6.07) is -0.633. The van der Waals surface area contributed by atoms with Crippen LogP contribution in [-0.2, 0) is 9.53 Å². The van der Waals surface area contributed by atoms with Gasteiger partial charge in [-0.2, -0.15) is 5.10 Å². The number of thiophene rings is 1. The van der Waals surface area contributed by atoms with Crippen LogP contribution in [0.1, 0.15) is 58.8 Å². The molecule has 2 amide bonds. The van der Waals surface area contributed by atoms with Gasteiger partial charge in [-0.3, -0.25) is 14.3 Å². The number of amides is 2. The highest BCUT2D eigenvalue weighted by molar-refractivity contribution is 7.18. The zero-order valence-corrected chi connectivity index (χ0v) is 17.0. The van der Waals surface area contributed by atoms with Gasteiger partial charge in [0.15, 0.2) is 0 Å². The van der Waals surface area contributed by atoms with E-state index in [0.717, 1.165) is 11.3 Å². The number of primary amides is 1. The SMILES string of the molecule is CCC(C(=O)Nc1sc(C(N)=O)c(C)c1C(=O)OC(C)C)n1cc(Cl)cn1. The Bertz CT molecular complexity index is 874. The van der Waals surface area contributed by atoms with Gasteiger partial charge in [0.2, 0.25) is 5.91 Å². The number of ether oxygens (including phenoxy) is 1. The van der Waals surface area contributed by atoms with Crippen molar-refractivity contribution in [2.45, 2.75) is 46.3 Å². The normalized spacial score (nSPS) is 12.1. The van der Waals surface area contributed by atoms with Crippen LogP contribution in [0, 0.1) is 6.92 Å². The number of anilines is 1. The van der Waals surface area contributed by atoms with Crippen molar-refractivity contribution < 1.29 is 19.1 Å². The highest BCUT2D eigenvalue weighted by Crippen LogP contribution is 2.34. The number of nitrogens with two attached hydrogens (primary N) is 1. The Hall–Kier alpha value is -2.39. The maximum absolute atomic E-state index is 12.8. The third-order valence-electron chi connectivity index (χ3n) is 3.73. The lowest BCUT2D eigenvalue weighted by molar-refractivity contribution is -0.119. The molecule has 3 N–H and O–H groups in total. The molecule has 0 aromatic carbocycles. The minimum atomic E-state index is -0.678. The third kappa shape index (κ3) is 4.67. The first kappa shape index (κ1) is 20.9. The first-order chi connectivity index (χ1) is 12.6. The Labute approximate surface area is 165 Å². The average molecular weight is 413 g/mol. The van der Waals surface area contributed by atoms with Crippen LogP contribution in [-0.4, -0.2) is 33.7 Å². The third-order valence-corrected chi connectivity index (χ3v) is 5.15. The summed E-state index contributed by atoms with van der Waals surface area (Å²) in [6.07, 6.45) is 3.07. The van der Waals surface area contributed by atoms with Crippen molar-refractivity contribution in [1.29, 1.82) is 0 Å². The van der Waals surface area contributed by atoms with E-state index in [1.807, 2.05) is 6.92 Å². The number of hydrogen-bond donors (Lipinski definition) is 2. The molecular weight excluding hydrogens is 392 g/mol. The lowest BCUT2D eigenvalue weighted by atomic mass is 10.1. The minimum absolute atomic E-state index is 0.129. The number of esters is 1. The fourth-order valence-electron chi connectivity index (χ4n) is 2.53. The van der Waals surface area contributed by atoms with Crippen LogP contribution in [0.3, 0.4) is 0 Å². The molecule has 8 nitrogen and oxygen atoms in total. The van der Waals surface area contributed by atoms with Crippen LogP contribution in [0.5, 0.6) is 0 Å². The molecule has 146 valence electrons. The molecule has 1 unspecified atom stereocenters. The zero-order chi connectivity index (χ0) is 20.3. The van der Waals surface area contributed by atoms with E-state index >= 15 is 0 Å². The van der Waals surface area contributed by atoms with Crippen molar-refractivity contribution in [3.8, 4) is 0 Å². The van der Waals surface area contributed by atoms with Crippen molar-refractivity contribution in [2.75, 3.05) is 5.32 Å². The summed E-state index contributed by atoms with van der Waals surface area (Å²) in [5, 5.41) is 7.39. The maximum Gasteiger partial charge on any atom is 0.341 e. The number of carbonyl (C=O) groups is 3. The summed E-state index contributed by atoms with van der Waals surface area (Å²) in [7, 11) is 0. The second-order valence-electron chi connectivity index (χ2n) is 6.13. The summed E-state index contributed by atoms with van der Waals surface area (Å²) < 4.78 is 6.68. The molecule has 0 aliphatic rings. The Morgan fingerprint density at radius 1 is 1.41 bits per heavy atom. The van der Waals surface area contributed by atoms with E-state index in [1.54, 1.807) is 20.8 Å². The molecule has 2 aromatic rings. The fourth-order valence-corrected chi connectivity index (χ4v) is 3.72. The standard InChI is InChI=1S/C17H21ClN4O4S/c1-5-11(22-7-10(18)6-20-22)15(24)21-16-12(17(25)26-8(2)3)9(4)13(27-16)14(19)23/h6-8,11H,5H2,1-4H3,(H2,19,23)(H,21,24). The molecule has 0 bridgehead atoms. The number of rotatable bonds is 7. The maximum atomic E-state index is 12.8. The second-order valence-corrected chi connectivity index (χ2v) is 7.59. The van der Waals surface area contributed by atoms with Gasteiger partial charge in [0.05, 0.1) is 27.8 Å². The molecule has 0 fully saturated rings. The van der Waals surface area contributed by atoms with E-state index < -0.39 is 23.8 Å². The van der Waals surface area contributed by atoms with E-state index in [4.69, 9.17) is 22.1 Å². The van der Waals surface area contributed by atoms with Crippen molar-refractivity contribution in [3.05, 3.63) is 33.4 Å². The van der Waals surface area contributed by atoms with E-state index in [1.165, 1.54) is 17.1 Å². The van der Waals surface area contributed by atoms with Gasteiger partial charge in [-0.15, -0.1) is 11.3 Å². The molecule has 2 aromatic heterocycles. The first-order valence-corrected chi connectivity index (χ1v) is 9.49. The monoisotopic (exact) mass is 412 g/mol. The first-order valence-electron chi connectivity index (χ1n) is 8.30. The molecule has 1 atom stereocenters. The quantitative estimate of drug-likeness (QED) is 0.677. The van der Waals surface area contributed by atoms with Gasteiger partial charge in [-0.1, -0.05) is 18.5 Å². The molecule has 10 heteroatoms. The Kier molecular flexibility index (Phi) is 6.61. The predicted octanol–water partition coefficient (Wildman–Crippen LogP) is 3.16. The van der Waals surface area contributed by atoms with Crippen molar-refractivity contribution in [2.24, 2.45) is 5.73 Å². The summed E-state index contributed by atoms with van der Waals surface area (Å²) >= 11 is 6.82. The molecule has 0 saturated carbocycles. The van der Waals surface area contributed by atoms with Gasteiger partial charge in [-0.05, 0) is 32.8 Å². The Morgan fingerprint density at radius 2 is 2.07 bits per heavy atom. The van der Waals surface area contributed by atoms with E-state index in [2.05, 4.69) is 10.4 Å². The van der Waals surface area contributed by atoms with Gasteiger partial charge in [0.25, 0.3) is 5.91 Å². The van der Waals surface area contributed by atoms with Gasteiger partial charge >= 0.3 is 5.97 Å². The Balaban J connectivity index is 2.38. The smallest absolute Gasteiger partial charge is 0.341 e. The number of nitrogens with zero attached hydrogens (tertiary/aromatic N) is 2. The molecule has 0 aliphatic carbocycles. The number of halogens is 1. The van der Waals surface area contributed by atoms with Gasteiger partial charge < -0.3 is 15.8 Å². The van der Waals surface area contributed by atoms with E-state index in [0.29, 0.717) is 17.0 Å². The average Bonchev–Trinajstić information content (AvgIpc) is 3.11. The van der Waals surface area contributed by atoms with Crippen LogP contribution in [0.4, 0.5) is 5.00 Å². The van der Waals surface area contributed by atoms with Crippen molar-refractivity contribution >= 4 is 45.7 Å². The number of carbonyl (C=O) groups excluding carboxylic acids is 3. The van der Waals surface area contributed by atoms with Crippen LogP contribution in [0.25, 0.3) is 0 Å². The zero-order valence-electron chi connectivity index (χ0n) is 15.4. The van der Waals surface area contributed by atoms with Crippen LogP contribution in [0.15, 0.2) is 12.4 Å². The van der Waals surface area contributed by atoms with Crippen molar-refractivity contribution in [1.82, 2.24) is 9.78 Å². The number of aromatic nitrogens is 2. The van der Waals surface area contributed by atoms with E-state index in [9.17, 15) is 14.4 Å². The molecule has 0 spiro atoms. The molecule has 2 rings (SSSR count). The highest BCUT2D eigenvalue weighted by Gasteiger charge is 2.28. The molecular formula is C17H21ClN4O4S. The van der Waals surface area contributed by atoms with Crippen molar-refractivity contribution in [3.63, 3.8) is 0 Å². The van der Waals surface area contributed by atoms with Gasteiger partial charge in [-0.25, -0.2) is 4.79 Å². The Morgan fingerprint density at radius 3 is 2.56 bits per heavy atom. The lowest BCUT2D eigenvalue weighted by Gasteiger charge is -2.16. The predicted molar refractivity (Wildman–Crippen MR) is 103 cm³/mol.